The van der Waals surface area contributed by atoms with Crippen molar-refractivity contribution in [2.75, 3.05) is 29.9 Å². The molecule has 2 aliphatic heterocycles. The fourth-order valence-corrected chi connectivity index (χ4v) is 5.73. The number of pyridine rings is 1. The molecule has 0 bridgehead atoms. The number of hydrogen-bond acceptors (Lipinski definition) is 6. The number of para-hydroxylation sites is 1. The molecule has 4 heterocycles. The number of nitrogens with zero attached hydrogens (tertiary/aromatic N) is 1. The molecule has 2 aromatic heterocycles. The van der Waals surface area contributed by atoms with Crippen molar-refractivity contribution in [2.24, 2.45) is 0 Å². The maximum atomic E-state index is 11.8. The third-order valence-corrected chi connectivity index (χ3v) is 7.64. The number of rotatable bonds is 5. The number of ether oxygens (including phenoxy) is 2. The van der Waals surface area contributed by atoms with Gasteiger partial charge in [0.2, 0.25) is 5.56 Å². The van der Waals surface area contributed by atoms with Gasteiger partial charge in [-0.15, -0.1) is 11.3 Å². The minimum Gasteiger partial charge on any atom is -0.456 e. The van der Waals surface area contributed by atoms with Crippen LogP contribution in [0.3, 0.4) is 0 Å². The molecule has 2 N–H and O–H groups in total. The molecule has 1 fully saturated rings. The van der Waals surface area contributed by atoms with Crippen molar-refractivity contribution < 1.29 is 9.47 Å². The Balaban J connectivity index is 1.21. The Labute approximate surface area is 212 Å². The second-order valence-corrected chi connectivity index (χ2v) is 10.5. The average Bonchev–Trinajstić information content (AvgIpc) is 3.31. The first-order chi connectivity index (χ1) is 17.1. The number of morpholine rings is 1. The molecule has 0 amide bonds. The van der Waals surface area contributed by atoms with E-state index in [2.05, 4.69) is 39.5 Å². The fourth-order valence-electron chi connectivity index (χ4n) is 4.70. The lowest BCUT2D eigenvalue weighted by molar-refractivity contribution is 0.0384. The maximum Gasteiger partial charge on any atom is 0.249 e. The van der Waals surface area contributed by atoms with Crippen LogP contribution in [-0.4, -0.2) is 24.7 Å². The van der Waals surface area contributed by atoms with Gasteiger partial charge in [0.25, 0.3) is 0 Å². The van der Waals surface area contributed by atoms with Crippen LogP contribution >= 0.6 is 22.9 Å². The Morgan fingerprint density at radius 3 is 2.91 bits per heavy atom. The van der Waals surface area contributed by atoms with Crippen molar-refractivity contribution in [1.82, 2.24) is 4.98 Å². The molecule has 2 aliphatic rings. The number of fused-ring (bicyclic) bond motifs is 2. The molecule has 35 heavy (non-hydrogen) atoms. The number of benzene rings is 2. The predicted molar refractivity (Wildman–Crippen MR) is 140 cm³/mol. The second-order valence-electron chi connectivity index (χ2n) is 8.71. The number of nitrogens with one attached hydrogen (secondary N) is 2. The van der Waals surface area contributed by atoms with Gasteiger partial charge in [0.1, 0.15) is 17.6 Å². The minimum atomic E-state index is -0.141. The largest absolute Gasteiger partial charge is 0.456 e. The van der Waals surface area contributed by atoms with Gasteiger partial charge in [0.05, 0.1) is 10.9 Å². The first-order valence-electron chi connectivity index (χ1n) is 11.6. The third kappa shape index (κ3) is 4.67. The lowest BCUT2D eigenvalue weighted by Crippen LogP contribution is -2.39. The number of anilines is 2. The van der Waals surface area contributed by atoms with Crippen LogP contribution in [0.2, 0.25) is 4.34 Å². The molecule has 0 radical (unpaired) electrons. The zero-order valence-corrected chi connectivity index (χ0v) is 20.5. The van der Waals surface area contributed by atoms with Gasteiger partial charge in [-0.2, -0.15) is 0 Å². The number of halogens is 1. The molecule has 6 nitrogen and oxygen atoms in total. The van der Waals surface area contributed by atoms with E-state index in [4.69, 9.17) is 21.1 Å². The van der Waals surface area contributed by atoms with Gasteiger partial charge < -0.3 is 24.7 Å². The quantitative estimate of drug-likeness (QED) is 0.308. The molecule has 1 atom stereocenters. The molecule has 0 saturated carbocycles. The van der Waals surface area contributed by atoms with Crippen molar-refractivity contribution in [3.63, 3.8) is 0 Å². The molecular formula is C27H24ClN3O3S. The third-order valence-electron chi connectivity index (χ3n) is 6.41. The number of thiophene rings is 1. The summed E-state index contributed by atoms with van der Waals surface area (Å²) in [5, 5.41) is 3.48. The molecule has 178 valence electrons. The topological polar surface area (TPSA) is 66.6 Å². The van der Waals surface area contributed by atoms with Gasteiger partial charge in [-0.05, 0) is 42.0 Å². The van der Waals surface area contributed by atoms with Gasteiger partial charge in [0, 0.05) is 65.7 Å². The summed E-state index contributed by atoms with van der Waals surface area (Å²) in [6, 6.07) is 20.0. The van der Waals surface area contributed by atoms with Crippen LogP contribution < -0.4 is 20.5 Å². The van der Waals surface area contributed by atoms with Gasteiger partial charge in [-0.3, -0.25) is 4.79 Å². The number of H-pyrrole nitrogens is 1. The molecular weight excluding hydrogens is 482 g/mol. The predicted octanol–water partition coefficient (Wildman–Crippen LogP) is 5.98. The summed E-state index contributed by atoms with van der Waals surface area (Å²) < 4.78 is 13.4. The summed E-state index contributed by atoms with van der Waals surface area (Å²) in [6.07, 6.45) is 2.34. The van der Waals surface area contributed by atoms with Crippen molar-refractivity contribution in [3.05, 3.63) is 103 Å². The molecule has 0 aliphatic carbocycles. The monoisotopic (exact) mass is 505 g/mol. The number of aromatic nitrogens is 1. The molecule has 1 unspecified atom stereocenters. The van der Waals surface area contributed by atoms with E-state index in [1.54, 1.807) is 23.6 Å². The van der Waals surface area contributed by atoms with Crippen LogP contribution in [0.1, 0.15) is 27.7 Å². The lowest BCUT2D eigenvalue weighted by Gasteiger charge is -2.36. The first-order valence-corrected chi connectivity index (χ1v) is 12.8. The Hall–Kier alpha value is -3.26. The molecule has 4 aromatic rings. The normalized spacial score (nSPS) is 16.8. The lowest BCUT2D eigenvalue weighted by atomic mass is 9.95. The van der Waals surface area contributed by atoms with Crippen LogP contribution in [0.25, 0.3) is 0 Å². The van der Waals surface area contributed by atoms with E-state index < -0.39 is 0 Å². The summed E-state index contributed by atoms with van der Waals surface area (Å²) in [4.78, 5) is 17.9. The van der Waals surface area contributed by atoms with Crippen molar-refractivity contribution in [2.45, 2.75) is 19.1 Å². The standard InChI is InChI=1S/C27H24ClN3O3S/c28-25-7-5-21(35-25)15-30-19-4-6-23-18(13-19)12-17-2-1-3-22(27(17)34-23)24-16-31(10-11-33-24)20-8-9-29-26(32)14-20/h1-9,13-14,24,30H,10-12,15-16H2,(H,29,32). The highest BCUT2D eigenvalue weighted by atomic mass is 35.5. The van der Waals surface area contributed by atoms with Crippen LogP contribution in [0, 0.1) is 0 Å². The highest BCUT2D eigenvalue weighted by Gasteiger charge is 2.28. The summed E-state index contributed by atoms with van der Waals surface area (Å²) in [5.74, 6) is 1.75. The number of aromatic amines is 1. The first kappa shape index (κ1) is 22.2. The van der Waals surface area contributed by atoms with E-state index in [9.17, 15) is 4.79 Å². The van der Waals surface area contributed by atoms with Gasteiger partial charge in [-0.25, -0.2) is 0 Å². The van der Waals surface area contributed by atoms with E-state index in [1.807, 2.05) is 30.3 Å². The fraction of sp³-hybridized carbons (Fsp3) is 0.222. The Morgan fingerprint density at radius 2 is 2.06 bits per heavy atom. The highest BCUT2D eigenvalue weighted by Crippen LogP contribution is 2.43. The van der Waals surface area contributed by atoms with Gasteiger partial charge in [-0.1, -0.05) is 29.8 Å². The zero-order valence-electron chi connectivity index (χ0n) is 18.9. The maximum absolute atomic E-state index is 11.8. The summed E-state index contributed by atoms with van der Waals surface area (Å²) >= 11 is 7.63. The van der Waals surface area contributed by atoms with Crippen LogP contribution in [0.4, 0.5) is 11.4 Å². The van der Waals surface area contributed by atoms with Crippen molar-refractivity contribution in [3.8, 4) is 11.5 Å². The summed E-state index contributed by atoms with van der Waals surface area (Å²) in [6.45, 7) is 2.72. The Kier molecular flexibility index (Phi) is 5.98. The van der Waals surface area contributed by atoms with E-state index in [0.717, 1.165) is 63.4 Å². The van der Waals surface area contributed by atoms with Crippen LogP contribution in [0.5, 0.6) is 11.5 Å². The molecule has 1 saturated heterocycles. The SMILES string of the molecule is O=c1cc(N2CCOC(c3cccc4c3Oc3ccc(NCc5ccc(Cl)s5)cc3C4)C2)cc[nH]1. The van der Waals surface area contributed by atoms with E-state index in [-0.39, 0.29) is 11.7 Å². The van der Waals surface area contributed by atoms with Gasteiger partial charge >= 0.3 is 0 Å². The minimum absolute atomic E-state index is 0.101. The highest BCUT2D eigenvalue weighted by molar-refractivity contribution is 7.16. The Bertz CT molecular complexity index is 1430. The van der Waals surface area contributed by atoms with E-state index in [1.165, 1.54) is 4.88 Å². The van der Waals surface area contributed by atoms with E-state index >= 15 is 0 Å². The van der Waals surface area contributed by atoms with E-state index in [0.29, 0.717) is 13.2 Å². The molecule has 2 aromatic carbocycles. The van der Waals surface area contributed by atoms with Crippen molar-refractivity contribution in [1.29, 1.82) is 0 Å². The molecule has 6 rings (SSSR count). The Morgan fingerprint density at radius 1 is 1.11 bits per heavy atom. The average molecular weight is 506 g/mol. The van der Waals surface area contributed by atoms with Crippen LogP contribution in [0.15, 0.2) is 71.7 Å². The zero-order chi connectivity index (χ0) is 23.8. The molecule has 8 heteroatoms. The summed E-state index contributed by atoms with van der Waals surface area (Å²) in [5.41, 5.74) is 5.20. The van der Waals surface area contributed by atoms with Crippen LogP contribution in [-0.2, 0) is 17.7 Å². The number of hydrogen-bond donors (Lipinski definition) is 2. The second kappa shape index (κ2) is 9.41. The smallest absolute Gasteiger partial charge is 0.249 e. The molecule has 0 spiro atoms. The van der Waals surface area contributed by atoms with Crippen molar-refractivity contribution >= 4 is 34.3 Å². The summed E-state index contributed by atoms with van der Waals surface area (Å²) in [7, 11) is 0. The van der Waals surface area contributed by atoms with Gasteiger partial charge in [0.15, 0.2) is 0 Å².